The molecule has 0 bridgehead atoms. The Balaban J connectivity index is 1.79. The van der Waals surface area contributed by atoms with E-state index in [0.717, 1.165) is 18.9 Å². The number of hydrogen-bond acceptors (Lipinski definition) is 2. The molecule has 0 heterocycles. The second-order valence-electron chi connectivity index (χ2n) is 4.07. The number of hydrogen-bond donors (Lipinski definition) is 1. The van der Waals surface area contributed by atoms with Crippen LogP contribution in [0, 0.1) is 5.82 Å². The molecule has 1 amide bonds. The van der Waals surface area contributed by atoms with Crippen LogP contribution in [0.1, 0.15) is 12.8 Å². The largest absolute Gasteiger partial charge is 0.484 e. The molecule has 0 saturated carbocycles. The van der Waals surface area contributed by atoms with Crippen molar-refractivity contribution in [1.82, 2.24) is 5.32 Å². The lowest BCUT2D eigenvalue weighted by Crippen LogP contribution is -2.36. The van der Waals surface area contributed by atoms with Crippen molar-refractivity contribution in [2.45, 2.75) is 18.9 Å². The molecule has 0 radical (unpaired) electrons. The first-order chi connectivity index (χ1) is 8.65. The lowest BCUT2D eigenvalue weighted by Gasteiger charge is -2.12. The number of halogens is 2. The first kappa shape index (κ1) is 12.9. The van der Waals surface area contributed by atoms with Crippen LogP contribution in [-0.4, -0.2) is 18.6 Å². The molecule has 0 unspecified atom stereocenters. The van der Waals surface area contributed by atoms with Gasteiger partial charge in [0.1, 0.15) is 11.6 Å². The van der Waals surface area contributed by atoms with Gasteiger partial charge in [-0.2, -0.15) is 0 Å². The van der Waals surface area contributed by atoms with E-state index in [1.54, 1.807) is 0 Å². The Hall–Kier alpha value is -1.55. The highest BCUT2D eigenvalue weighted by Crippen LogP contribution is 2.20. The Morgan fingerprint density at radius 1 is 1.44 bits per heavy atom. The van der Waals surface area contributed by atoms with Crippen LogP contribution in [0.15, 0.2) is 30.4 Å². The highest BCUT2D eigenvalue weighted by molar-refractivity contribution is 6.30. The van der Waals surface area contributed by atoms with Crippen molar-refractivity contribution in [1.29, 1.82) is 0 Å². The summed E-state index contributed by atoms with van der Waals surface area (Å²) < 4.78 is 18.3. The highest BCUT2D eigenvalue weighted by Gasteiger charge is 2.13. The maximum Gasteiger partial charge on any atom is 0.258 e. The molecule has 18 heavy (non-hydrogen) atoms. The monoisotopic (exact) mass is 269 g/mol. The smallest absolute Gasteiger partial charge is 0.258 e. The van der Waals surface area contributed by atoms with E-state index in [4.69, 9.17) is 16.3 Å². The van der Waals surface area contributed by atoms with Gasteiger partial charge in [0.25, 0.3) is 5.91 Å². The minimum atomic E-state index is -0.561. The molecule has 96 valence electrons. The van der Waals surface area contributed by atoms with Crippen molar-refractivity contribution >= 4 is 17.5 Å². The van der Waals surface area contributed by atoms with Crippen molar-refractivity contribution in [2.75, 3.05) is 6.61 Å². The standard InChI is InChI=1S/C13H13ClFNO2/c14-11-6-5-10(7-12(11)15)18-8-13(17)16-9-3-1-2-4-9/h1-2,5-7,9H,3-4,8H2,(H,16,17). The van der Waals surface area contributed by atoms with Crippen LogP contribution in [0.3, 0.4) is 0 Å². The Labute approximate surface area is 110 Å². The van der Waals surface area contributed by atoms with Crippen LogP contribution in [0.4, 0.5) is 4.39 Å². The first-order valence-corrected chi connectivity index (χ1v) is 6.05. The van der Waals surface area contributed by atoms with Gasteiger partial charge >= 0.3 is 0 Å². The van der Waals surface area contributed by atoms with Crippen LogP contribution in [0.5, 0.6) is 5.75 Å². The normalized spacial score (nSPS) is 14.8. The summed E-state index contributed by atoms with van der Waals surface area (Å²) in [7, 11) is 0. The number of amides is 1. The van der Waals surface area contributed by atoms with Crippen LogP contribution >= 0.6 is 11.6 Å². The predicted octanol–water partition coefficient (Wildman–Crippen LogP) is 2.69. The van der Waals surface area contributed by atoms with Gasteiger partial charge in [-0.3, -0.25) is 4.79 Å². The van der Waals surface area contributed by atoms with E-state index >= 15 is 0 Å². The first-order valence-electron chi connectivity index (χ1n) is 5.67. The summed E-state index contributed by atoms with van der Waals surface area (Å²) in [5, 5.41) is 2.86. The molecule has 2 rings (SSSR count). The second-order valence-corrected chi connectivity index (χ2v) is 4.48. The van der Waals surface area contributed by atoms with E-state index in [2.05, 4.69) is 5.32 Å². The second kappa shape index (κ2) is 5.87. The summed E-state index contributed by atoms with van der Waals surface area (Å²) in [6, 6.07) is 4.23. The molecule has 0 saturated heterocycles. The molecular weight excluding hydrogens is 257 g/mol. The SMILES string of the molecule is O=C(COc1ccc(Cl)c(F)c1)NC1CC=CC1. The van der Waals surface area contributed by atoms with Gasteiger partial charge in [0.15, 0.2) is 6.61 Å². The van der Waals surface area contributed by atoms with E-state index in [1.165, 1.54) is 12.1 Å². The van der Waals surface area contributed by atoms with Gasteiger partial charge in [0.05, 0.1) is 5.02 Å². The maximum atomic E-state index is 13.1. The van der Waals surface area contributed by atoms with E-state index in [1.807, 2.05) is 12.2 Å². The molecule has 5 heteroatoms. The molecule has 1 aromatic rings. The summed E-state index contributed by atoms with van der Waals surface area (Å²) in [5.74, 6) is -0.481. The van der Waals surface area contributed by atoms with E-state index < -0.39 is 5.82 Å². The molecule has 1 aliphatic carbocycles. The Kier molecular flexibility index (Phi) is 4.20. The summed E-state index contributed by atoms with van der Waals surface area (Å²) in [6.07, 6.45) is 5.75. The lowest BCUT2D eigenvalue weighted by atomic mass is 10.2. The van der Waals surface area contributed by atoms with Gasteiger partial charge in [-0.05, 0) is 25.0 Å². The van der Waals surface area contributed by atoms with Gasteiger partial charge in [-0.25, -0.2) is 4.39 Å². The molecule has 0 spiro atoms. The van der Waals surface area contributed by atoms with E-state index in [9.17, 15) is 9.18 Å². The zero-order valence-corrected chi connectivity index (χ0v) is 10.4. The van der Waals surface area contributed by atoms with Crippen molar-refractivity contribution < 1.29 is 13.9 Å². The number of ether oxygens (including phenoxy) is 1. The fourth-order valence-corrected chi connectivity index (χ4v) is 1.84. The molecule has 1 N–H and O–H groups in total. The summed E-state index contributed by atoms with van der Waals surface area (Å²) in [5.41, 5.74) is 0. The number of nitrogens with one attached hydrogen (secondary N) is 1. The zero-order valence-electron chi connectivity index (χ0n) is 9.66. The van der Waals surface area contributed by atoms with Crippen molar-refractivity contribution in [2.24, 2.45) is 0 Å². The van der Waals surface area contributed by atoms with Crippen LogP contribution in [0.25, 0.3) is 0 Å². The minimum Gasteiger partial charge on any atom is -0.484 e. The Bertz CT molecular complexity index is 468. The lowest BCUT2D eigenvalue weighted by molar-refractivity contribution is -0.123. The van der Waals surface area contributed by atoms with Gasteiger partial charge in [-0.15, -0.1) is 0 Å². The molecule has 3 nitrogen and oxygen atoms in total. The average Bonchev–Trinajstić information content (AvgIpc) is 2.83. The summed E-state index contributed by atoms with van der Waals surface area (Å²) in [6.45, 7) is -0.127. The molecule has 1 aliphatic rings. The summed E-state index contributed by atoms with van der Waals surface area (Å²) in [4.78, 5) is 11.5. The van der Waals surface area contributed by atoms with Crippen LogP contribution in [0.2, 0.25) is 5.02 Å². The van der Waals surface area contributed by atoms with Crippen molar-refractivity contribution in [3.63, 3.8) is 0 Å². The molecule has 0 fully saturated rings. The number of benzene rings is 1. The molecule has 0 aromatic heterocycles. The van der Waals surface area contributed by atoms with Crippen LogP contribution < -0.4 is 10.1 Å². The van der Waals surface area contributed by atoms with Crippen LogP contribution in [-0.2, 0) is 4.79 Å². The van der Waals surface area contributed by atoms with Gasteiger partial charge in [0.2, 0.25) is 0 Å². The topological polar surface area (TPSA) is 38.3 Å². The van der Waals surface area contributed by atoms with Gasteiger partial charge < -0.3 is 10.1 Å². The molecule has 1 aromatic carbocycles. The van der Waals surface area contributed by atoms with E-state index in [0.29, 0.717) is 0 Å². The van der Waals surface area contributed by atoms with Crippen molar-refractivity contribution in [3.8, 4) is 5.75 Å². The zero-order chi connectivity index (χ0) is 13.0. The number of carbonyl (C=O) groups is 1. The third-order valence-corrected chi connectivity index (χ3v) is 2.94. The van der Waals surface area contributed by atoms with Gasteiger partial charge in [-0.1, -0.05) is 23.8 Å². The summed E-state index contributed by atoms with van der Waals surface area (Å²) >= 11 is 5.54. The van der Waals surface area contributed by atoms with Crippen molar-refractivity contribution in [3.05, 3.63) is 41.2 Å². The molecule has 0 aliphatic heterocycles. The number of carbonyl (C=O) groups excluding carboxylic acids is 1. The quantitative estimate of drug-likeness (QED) is 0.854. The minimum absolute atomic E-state index is 0.0313. The molecule has 0 atom stereocenters. The average molecular weight is 270 g/mol. The third kappa shape index (κ3) is 3.47. The highest BCUT2D eigenvalue weighted by atomic mass is 35.5. The predicted molar refractivity (Wildman–Crippen MR) is 67.2 cm³/mol. The van der Waals surface area contributed by atoms with E-state index in [-0.39, 0.29) is 29.3 Å². The number of rotatable bonds is 4. The Morgan fingerprint density at radius 2 is 2.17 bits per heavy atom. The fourth-order valence-electron chi connectivity index (χ4n) is 1.72. The Morgan fingerprint density at radius 3 is 2.83 bits per heavy atom. The molecular formula is C13H13ClFNO2. The maximum absolute atomic E-state index is 13.1. The van der Waals surface area contributed by atoms with Gasteiger partial charge in [0, 0.05) is 12.1 Å². The third-order valence-electron chi connectivity index (χ3n) is 2.63. The fraction of sp³-hybridized carbons (Fsp3) is 0.308.